The molecule has 1 rings (SSSR count). The number of hydrogen-bond donors (Lipinski definition) is 3. The van der Waals surface area contributed by atoms with Gasteiger partial charge in [-0.25, -0.2) is 9.59 Å². The molecule has 2 atom stereocenters. The number of aliphatic hydroxyl groups excluding tert-OH is 2. The van der Waals surface area contributed by atoms with Crippen LogP contribution in [-0.2, 0) is 19.1 Å². The Hall–Kier alpha value is -1.74. The standard InChI is InChI=1S/C12H21NO3.C7H13NO3/c1-10(2)12(15)16-9-11(14)8-13-6-4-3-5-7-13;1-5(2)7(10)11-4-6(9)3-8/h11,14H,1,3-9H2,2H3;6,9H,1,3-4,8H2,2H3. The van der Waals surface area contributed by atoms with Gasteiger partial charge in [0.25, 0.3) is 0 Å². The van der Waals surface area contributed by atoms with Crippen LogP contribution in [0, 0.1) is 0 Å². The summed E-state index contributed by atoms with van der Waals surface area (Å²) >= 11 is 0. The summed E-state index contributed by atoms with van der Waals surface area (Å²) in [5.74, 6) is -0.935. The van der Waals surface area contributed by atoms with Crippen LogP contribution in [0.5, 0.6) is 0 Å². The summed E-state index contributed by atoms with van der Waals surface area (Å²) in [6, 6.07) is 0. The Kier molecular flexibility index (Phi) is 13.4. The lowest BCUT2D eigenvalue weighted by Crippen LogP contribution is -2.38. The quantitative estimate of drug-likeness (QED) is 0.384. The number of piperidine rings is 1. The highest BCUT2D eigenvalue weighted by Gasteiger charge is 2.16. The van der Waals surface area contributed by atoms with Crippen molar-refractivity contribution in [3.8, 4) is 0 Å². The Bertz CT molecular complexity index is 489. The van der Waals surface area contributed by atoms with Gasteiger partial charge in [0, 0.05) is 24.2 Å². The highest BCUT2D eigenvalue weighted by Crippen LogP contribution is 2.09. The molecule has 156 valence electrons. The third kappa shape index (κ3) is 13.1. The van der Waals surface area contributed by atoms with Crippen LogP contribution in [0.1, 0.15) is 33.1 Å². The Morgan fingerprint density at radius 1 is 0.963 bits per heavy atom. The summed E-state index contributed by atoms with van der Waals surface area (Å²) in [5, 5.41) is 18.5. The fraction of sp³-hybridized carbons (Fsp3) is 0.684. The van der Waals surface area contributed by atoms with E-state index in [1.807, 2.05) is 0 Å². The third-order valence-corrected chi connectivity index (χ3v) is 3.70. The van der Waals surface area contributed by atoms with Gasteiger partial charge in [0.2, 0.25) is 0 Å². The van der Waals surface area contributed by atoms with Crippen LogP contribution in [0.2, 0.25) is 0 Å². The SMILES string of the molecule is C=C(C)C(=O)OCC(O)CN.C=C(C)C(=O)OCC(O)CN1CCCCC1. The molecule has 0 aromatic rings. The Morgan fingerprint density at radius 3 is 1.81 bits per heavy atom. The molecule has 0 aliphatic carbocycles. The van der Waals surface area contributed by atoms with Gasteiger partial charge in [-0.1, -0.05) is 19.6 Å². The van der Waals surface area contributed by atoms with Crippen LogP contribution < -0.4 is 5.73 Å². The van der Waals surface area contributed by atoms with Gasteiger partial charge in [0.1, 0.15) is 25.4 Å². The molecule has 4 N–H and O–H groups in total. The largest absolute Gasteiger partial charge is 0.460 e. The van der Waals surface area contributed by atoms with E-state index in [0.29, 0.717) is 17.7 Å². The number of aliphatic hydroxyl groups is 2. The number of carbonyl (C=O) groups excluding carboxylic acids is 2. The average Bonchev–Trinajstić information content (AvgIpc) is 2.64. The van der Waals surface area contributed by atoms with Crippen molar-refractivity contribution in [2.24, 2.45) is 5.73 Å². The molecule has 0 aromatic carbocycles. The van der Waals surface area contributed by atoms with Gasteiger partial charge >= 0.3 is 11.9 Å². The Balaban J connectivity index is 0.000000541. The average molecular weight is 386 g/mol. The van der Waals surface area contributed by atoms with E-state index < -0.39 is 24.1 Å². The Labute approximate surface area is 161 Å². The number of β-amino-alcohol motifs (C(OH)–C–C–N with tert-alkyl or cyclic N) is 1. The molecule has 1 aliphatic rings. The van der Waals surface area contributed by atoms with E-state index in [1.54, 1.807) is 6.92 Å². The number of nitrogens with zero attached hydrogens (tertiary/aromatic N) is 1. The topological polar surface area (TPSA) is 122 Å². The van der Waals surface area contributed by atoms with Gasteiger partial charge in [0.15, 0.2) is 0 Å². The van der Waals surface area contributed by atoms with Crippen LogP contribution in [0.25, 0.3) is 0 Å². The van der Waals surface area contributed by atoms with Gasteiger partial charge in [-0.2, -0.15) is 0 Å². The van der Waals surface area contributed by atoms with Gasteiger partial charge < -0.3 is 30.3 Å². The monoisotopic (exact) mass is 386 g/mol. The first kappa shape index (κ1) is 25.3. The first-order valence-electron chi connectivity index (χ1n) is 9.11. The van der Waals surface area contributed by atoms with E-state index in [9.17, 15) is 14.7 Å². The zero-order valence-corrected chi connectivity index (χ0v) is 16.5. The molecule has 1 fully saturated rings. The number of ether oxygens (including phenoxy) is 2. The predicted octanol–water partition coefficient (Wildman–Crippen LogP) is 0.378. The van der Waals surface area contributed by atoms with E-state index in [1.165, 1.54) is 26.2 Å². The summed E-state index contributed by atoms with van der Waals surface area (Å²) in [7, 11) is 0. The summed E-state index contributed by atoms with van der Waals surface area (Å²) in [6.07, 6.45) is 2.29. The molecular weight excluding hydrogens is 352 g/mol. The smallest absolute Gasteiger partial charge is 0.333 e. The molecule has 0 aromatic heterocycles. The van der Waals surface area contributed by atoms with Crippen LogP contribution in [-0.4, -0.2) is 78.7 Å². The summed E-state index contributed by atoms with van der Waals surface area (Å²) in [5.41, 5.74) is 5.75. The van der Waals surface area contributed by atoms with Crippen molar-refractivity contribution in [3.05, 3.63) is 24.3 Å². The molecule has 0 bridgehead atoms. The number of nitrogens with two attached hydrogens (primary N) is 1. The van der Waals surface area contributed by atoms with Crippen molar-refractivity contribution in [1.82, 2.24) is 4.90 Å². The van der Waals surface area contributed by atoms with Crippen molar-refractivity contribution in [1.29, 1.82) is 0 Å². The number of hydrogen-bond acceptors (Lipinski definition) is 8. The van der Waals surface area contributed by atoms with Crippen LogP contribution in [0.3, 0.4) is 0 Å². The molecule has 8 heteroatoms. The normalized spacial score (nSPS) is 16.3. The fourth-order valence-corrected chi connectivity index (χ4v) is 2.15. The lowest BCUT2D eigenvalue weighted by molar-refractivity contribution is -0.142. The van der Waals surface area contributed by atoms with Crippen molar-refractivity contribution in [2.45, 2.75) is 45.3 Å². The maximum Gasteiger partial charge on any atom is 0.333 e. The molecule has 2 unspecified atom stereocenters. The first-order chi connectivity index (χ1) is 12.7. The highest BCUT2D eigenvalue weighted by molar-refractivity contribution is 5.87. The zero-order chi connectivity index (χ0) is 20.8. The second kappa shape index (κ2) is 14.3. The maximum absolute atomic E-state index is 11.1. The lowest BCUT2D eigenvalue weighted by atomic mass is 10.1. The highest BCUT2D eigenvalue weighted by atomic mass is 16.5. The van der Waals surface area contributed by atoms with Crippen LogP contribution in [0.4, 0.5) is 0 Å². The zero-order valence-electron chi connectivity index (χ0n) is 16.5. The minimum atomic E-state index is -0.779. The van der Waals surface area contributed by atoms with E-state index in [0.717, 1.165) is 13.1 Å². The van der Waals surface area contributed by atoms with Gasteiger partial charge in [-0.3, -0.25) is 0 Å². The molecule has 0 amide bonds. The van der Waals surface area contributed by atoms with E-state index >= 15 is 0 Å². The van der Waals surface area contributed by atoms with E-state index in [4.69, 9.17) is 15.6 Å². The van der Waals surface area contributed by atoms with Crippen molar-refractivity contribution >= 4 is 11.9 Å². The van der Waals surface area contributed by atoms with Gasteiger partial charge in [-0.15, -0.1) is 0 Å². The molecular formula is C19H34N2O6. The first-order valence-corrected chi connectivity index (χ1v) is 9.11. The second-order valence-electron chi connectivity index (χ2n) is 6.66. The minimum Gasteiger partial charge on any atom is -0.460 e. The number of likely N-dealkylation sites (tertiary alicyclic amines) is 1. The van der Waals surface area contributed by atoms with Crippen LogP contribution >= 0.6 is 0 Å². The summed E-state index contributed by atoms with van der Waals surface area (Å²) in [6.45, 7) is 12.7. The predicted molar refractivity (Wildman–Crippen MR) is 103 cm³/mol. The van der Waals surface area contributed by atoms with Crippen molar-refractivity contribution < 1.29 is 29.3 Å². The second-order valence-corrected chi connectivity index (χ2v) is 6.66. The lowest BCUT2D eigenvalue weighted by Gasteiger charge is -2.28. The molecule has 0 spiro atoms. The third-order valence-electron chi connectivity index (χ3n) is 3.70. The summed E-state index contributed by atoms with van der Waals surface area (Å²) < 4.78 is 9.48. The number of carbonyl (C=O) groups is 2. The van der Waals surface area contributed by atoms with Crippen molar-refractivity contribution in [3.63, 3.8) is 0 Å². The number of esters is 2. The summed E-state index contributed by atoms with van der Waals surface area (Å²) in [4.78, 5) is 24.0. The van der Waals surface area contributed by atoms with Gasteiger partial charge in [0.05, 0.1) is 0 Å². The maximum atomic E-state index is 11.1. The molecule has 0 radical (unpaired) electrons. The molecule has 0 saturated carbocycles. The minimum absolute atomic E-state index is 0.0577. The van der Waals surface area contributed by atoms with Gasteiger partial charge in [-0.05, 0) is 39.8 Å². The fourth-order valence-electron chi connectivity index (χ4n) is 2.15. The molecule has 1 aliphatic heterocycles. The number of rotatable bonds is 9. The molecule has 1 heterocycles. The molecule has 8 nitrogen and oxygen atoms in total. The molecule has 27 heavy (non-hydrogen) atoms. The molecule has 1 saturated heterocycles. The van der Waals surface area contributed by atoms with Crippen molar-refractivity contribution in [2.75, 3.05) is 39.4 Å². The Morgan fingerprint density at radius 2 is 1.41 bits per heavy atom. The van der Waals surface area contributed by atoms with E-state index in [-0.39, 0.29) is 19.8 Å². The van der Waals surface area contributed by atoms with Crippen LogP contribution in [0.15, 0.2) is 24.3 Å². The van der Waals surface area contributed by atoms with E-state index in [2.05, 4.69) is 22.8 Å².